The lowest BCUT2D eigenvalue weighted by Gasteiger charge is -2.32. The van der Waals surface area contributed by atoms with Gasteiger partial charge in [-0.2, -0.15) is 0 Å². The zero-order valence-electron chi connectivity index (χ0n) is 15.6. The molecule has 4 heteroatoms. The third-order valence-electron chi connectivity index (χ3n) is 5.12. The van der Waals surface area contributed by atoms with Gasteiger partial charge in [-0.3, -0.25) is 4.79 Å². The summed E-state index contributed by atoms with van der Waals surface area (Å²) in [4.78, 5) is 14.4. The van der Waals surface area contributed by atoms with E-state index in [-0.39, 0.29) is 5.91 Å². The number of ether oxygens (including phenoxy) is 1. The van der Waals surface area contributed by atoms with E-state index in [4.69, 9.17) is 4.74 Å². The van der Waals surface area contributed by atoms with E-state index in [9.17, 15) is 9.90 Å². The molecule has 0 radical (unpaired) electrons. The average Bonchev–Trinajstić information content (AvgIpc) is 2.64. The minimum absolute atomic E-state index is 0.166. The molecule has 1 heterocycles. The lowest BCUT2D eigenvalue weighted by molar-refractivity contribution is -0.132. The first kappa shape index (κ1) is 18.3. The van der Waals surface area contributed by atoms with Gasteiger partial charge in [-0.1, -0.05) is 29.8 Å². The maximum absolute atomic E-state index is 12.4. The third-order valence-corrected chi connectivity index (χ3v) is 5.12. The molecule has 2 aromatic carbocycles. The predicted molar refractivity (Wildman–Crippen MR) is 103 cm³/mol. The Morgan fingerprint density at radius 2 is 1.81 bits per heavy atom. The van der Waals surface area contributed by atoms with Gasteiger partial charge in [0.25, 0.3) is 0 Å². The molecule has 0 saturated carbocycles. The number of hydrogen-bond acceptors (Lipinski definition) is 3. The number of phenols is 1. The number of amides is 1. The van der Waals surface area contributed by atoms with Gasteiger partial charge in [0, 0.05) is 13.1 Å². The van der Waals surface area contributed by atoms with Gasteiger partial charge in [0.2, 0.25) is 5.91 Å². The molecule has 1 N–H and O–H groups in total. The Hall–Kier alpha value is -2.49. The van der Waals surface area contributed by atoms with Gasteiger partial charge in [0.05, 0.1) is 13.0 Å². The molecule has 138 valence electrons. The summed E-state index contributed by atoms with van der Waals surface area (Å²) >= 11 is 0. The quantitative estimate of drug-likeness (QED) is 0.877. The van der Waals surface area contributed by atoms with Crippen LogP contribution in [0, 0.1) is 13.8 Å². The van der Waals surface area contributed by atoms with E-state index in [0.29, 0.717) is 24.7 Å². The third kappa shape index (κ3) is 4.57. The number of aromatic hydroxyl groups is 1. The van der Waals surface area contributed by atoms with Crippen molar-refractivity contribution >= 4 is 5.91 Å². The summed E-state index contributed by atoms with van der Waals surface area (Å²) in [5, 5.41) is 9.40. The van der Waals surface area contributed by atoms with E-state index >= 15 is 0 Å². The van der Waals surface area contributed by atoms with Crippen LogP contribution in [0.4, 0.5) is 0 Å². The molecule has 3 rings (SSSR count). The first-order valence-electron chi connectivity index (χ1n) is 9.29. The summed E-state index contributed by atoms with van der Waals surface area (Å²) in [7, 11) is 0. The smallest absolute Gasteiger partial charge is 0.225 e. The summed E-state index contributed by atoms with van der Waals surface area (Å²) in [5.74, 6) is 1.78. The second kappa shape index (κ2) is 8.26. The standard InChI is InChI=1S/C22H27NO3/c1-16-3-8-21(17(2)15-16)26-14-11-22(25)23-12-9-19(10-13-23)18-4-6-20(24)7-5-18/h3-8,15,19,24H,9-14H2,1-2H3. The van der Waals surface area contributed by atoms with Crippen LogP contribution in [0.3, 0.4) is 0 Å². The number of piperidine rings is 1. The predicted octanol–water partition coefficient (Wildman–Crippen LogP) is 4.18. The molecule has 1 amide bonds. The van der Waals surface area contributed by atoms with E-state index in [1.165, 1.54) is 11.1 Å². The number of rotatable bonds is 5. The van der Waals surface area contributed by atoms with E-state index in [1.807, 2.05) is 36.1 Å². The molecule has 0 bridgehead atoms. The highest BCUT2D eigenvalue weighted by Gasteiger charge is 2.23. The van der Waals surface area contributed by atoms with Gasteiger partial charge < -0.3 is 14.7 Å². The van der Waals surface area contributed by atoms with Crippen LogP contribution < -0.4 is 4.74 Å². The van der Waals surface area contributed by atoms with Crippen LogP contribution in [0.15, 0.2) is 42.5 Å². The van der Waals surface area contributed by atoms with E-state index in [2.05, 4.69) is 13.0 Å². The van der Waals surface area contributed by atoms with Crippen molar-refractivity contribution in [3.63, 3.8) is 0 Å². The Labute approximate surface area is 155 Å². The number of carbonyl (C=O) groups is 1. The van der Waals surface area contributed by atoms with Crippen LogP contribution in [0.25, 0.3) is 0 Å². The second-order valence-corrected chi connectivity index (χ2v) is 7.11. The highest BCUT2D eigenvalue weighted by atomic mass is 16.5. The molecule has 1 saturated heterocycles. The van der Waals surface area contributed by atoms with Crippen molar-refractivity contribution in [2.45, 2.75) is 39.0 Å². The average molecular weight is 353 g/mol. The summed E-state index contributed by atoms with van der Waals surface area (Å²) in [6, 6.07) is 13.5. The molecule has 4 nitrogen and oxygen atoms in total. The molecule has 0 aliphatic carbocycles. The summed E-state index contributed by atoms with van der Waals surface area (Å²) in [5.41, 5.74) is 3.56. The Bertz CT molecular complexity index is 746. The van der Waals surface area contributed by atoms with E-state index in [1.54, 1.807) is 12.1 Å². The molecule has 0 unspecified atom stereocenters. The zero-order chi connectivity index (χ0) is 18.5. The Balaban J connectivity index is 1.44. The normalized spacial score (nSPS) is 15.1. The zero-order valence-corrected chi connectivity index (χ0v) is 15.6. The van der Waals surface area contributed by atoms with Gasteiger partial charge in [0.1, 0.15) is 11.5 Å². The Kier molecular flexibility index (Phi) is 5.82. The van der Waals surface area contributed by atoms with Gasteiger partial charge in [-0.05, 0) is 61.9 Å². The molecule has 26 heavy (non-hydrogen) atoms. The second-order valence-electron chi connectivity index (χ2n) is 7.11. The number of carbonyl (C=O) groups excluding carboxylic acids is 1. The molecule has 0 aromatic heterocycles. The van der Waals surface area contributed by atoms with Crippen molar-refractivity contribution in [1.82, 2.24) is 4.90 Å². The maximum atomic E-state index is 12.4. The van der Waals surface area contributed by atoms with Crippen LogP contribution >= 0.6 is 0 Å². The largest absolute Gasteiger partial charge is 0.508 e. The van der Waals surface area contributed by atoms with Crippen molar-refractivity contribution in [3.05, 3.63) is 59.2 Å². The fourth-order valence-corrected chi connectivity index (χ4v) is 3.58. The fraction of sp³-hybridized carbons (Fsp3) is 0.409. The molecular formula is C22H27NO3. The first-order valence-corrected chi connectivity index (χ1v) is 9.29. The molecule has 1 fully saturated rings. The molecule has 0 atom stereocenters. The molecule has 1 aliphatic heterocycles. The number of hydrogen-bond donors (Lipinski definition) is 1. The van der Waals surface area contributed by atoms with Gasteiger partial charge in [-0.15, -0.1) is 0 Å². The SMILES string of the molecule is Cc1ccc(OCCC(=O)N2CCC(c3ccc(O)cc3)CC2)c(C)c1. The maximum Gasteiger partial charge on any atom is 0.225 e. The number of nitrogens with zero attached hydrogens (tertiary/aromatic N) is 1. The summed E-state index contributed by atoms with van der Waals surface area (Å²) in [6.07, 6.45) is 2.35. The van der Waals surface area contributed by atoms with Crippen molar-refractivity contribution in [1.29, 1.82) is 0 Å². The van der Waals surface area contributed by atoms with Crippen molar-refractivity contribution in [3.8, 4) is 11.5 Å². The van der Waals surface area contributed by atoms with Crippen LogP contribution in [-0.2, 0) is 4.79 Å². The topological polar surface area (TPSA) is 49.8 Å². The van der Waals surface area contributed by atoms with E-state index in [0.717, 1.165) is 37.2 Å². The van der Waals surface area contributed by atoms with Crippen molar-refractivity contribution < 1.29 is 14.6 Å². The summed E-state index contributed by atoms with van der Waals surface area (Å²) < 4.78 is 5.78. The Morgan fingerprint density at radius 1 is 1.12 bits per heavy atom. The summed E-state index contributed by atoms with van der Waals surface area (Å²) in [6.45, 7) is 6.07. The van der Waals surface area contributed by atoms with Gasteiger partial charge in [-0.25, -0.2) is 0 Å². The molecule has 2 aromatic rings. The first-order chi connectivity index (χ1) is 12.5. The molecule has 1 aliphatic rings. The number of aryl methyl sites for hydroxylation is 2. The Morgan fingerprint density at radius 3 is 2.46 bits per heavy atom. The number of benzene rings is 2. The van der Waals surface area contributed by atoms with Crippen molar-refractivity contribution in [2.75, 3.05) is 19.7 Å². The highest BCUT2D eigenvalue weighted by Crippen LogP contribution is 2.29. The lowest BCUT2D eigenvalue weighted by atomic mass is 9.89. The van der Waals surface area contributed by atoms with Crippen LogP contribution in [-0.4, -0.2) is 35.6 Å². The monoisotopic (exact) mass is 353 g/mol. The minimum Gasteiger partial charge on any atom is -0.508 e. The minimum atomic E-state index is 0.166. The van der Waals surface area contributed by atoms with Gasteiger partial charge in [0.15, 0.2) is 0 Å². The number of likely N-dealkylation sites (tertiary alicyclic amines) is 1. The van der Waals surface area contributed by atoms with Crippen LogP contribution in [0.5, 0.6) is 11.5 Å². The lowest BCUT2D eigenvalue weighted by Crippen LogP contribution is -2.38. The number of phenolic OH excluding ortho intramolecular Hbond substituents is 1. The van der Waals surface area contributed by atoms with E-state index < -0.39 is 0 Å². The fourth-order valence-electron chi connectivity index (χ4n) is 3.58. The van der Waals surface area contributed by atoms with Crippen LogP contribution in [0.1, 0.15) is 41.9 Å². The van der Waals surface area contributed by atoms with Crippen LogP contribution in [0.2, 0.25) is 0 Å². The van der Waals surface area contributed by atoms with Gasteiger partial charge >= 0.3 is 0 Å². The highest BCUT2D eigenvalue weighted by molar-refractivity contribution is 5.76. The van der Waals surface area contributed by atoms with Crippen molar-refractivity contribution in [2.24, 2.45) is 0 Å². The molecular weight excluding hydrogens is 326 g/mol. The molecule has 0 spiro atoms.